The molecule has 0 N–H and O–H groups in total. The molecule has 1 aromatic rings. The van der Waals surface area contributed by atoms with Crippen LogP contribution in [0.2, 0.25) is 0 Å². The summed E-state index contributed by atoms with van der Waals surface area (Å²) in [5.74, 6) is 0.322. The Labute approximate surface area is 123 Å². The molecule has 0 bridgehead atoms. The lowest BCUT2D eigenvalue weighted by Crippen LogP contribution is -2.23. The van der Waals surface area contributed by atoms with E-state index in [0.717, 1.165) is 5.75 Å². The van der Waals surface area contributed by atoms with Crippen LogP contribution in [0.1, 0.15) is 13.3 Å². The van der Waals surface area contributed by atoms with Gasteiger partial charge in [0.15, 0.2) is 0 Å². The number of hydrogen-bond donors (Lipinski definition) is 0. The van der Waals surface area contributed by atoms with Gasteiger partial charge in [-0.05, 0) is 50.9 Å². The second-order valence-corrected chi connectivity index (χ2v) is 7.34. The van der Waals surface area contributed by atoms with Crippen LogP contribution in [-0.2, 0) is 9.53 Å². The summed E-state index contributed by atoms with van der Waals surface area (Å²) < 4.78 is 9.91. The fraction of sp³-hybridized carbons (Fsp3) is 0.308. The van der Waals surface area contributed by atoms with Crippen LogP contribution in [0.25, 0.3) is 0 Å². The predicted molar refractivity (Wildman–Crippen MR) is 78.0 cm³/mol. The molecule has 3 nitrogen and oxygen atoms in total. The number of rotatable bonds is 6. The molecule has 0 saturated heterocycles. The van der Waals surface area contributed by atoms with Crippen LogP contribution < -0.4 is 4.74 Å². The first-order chi connectivity index (χ1) is 8.41. The number of carbonyl (C=O) groups excluding carboxylic acids is 1. The lowest BCUT2D eigenvalue weighted by molar-refractivity contribution is -0.139. The van der Waals surface area contributed by atoms with Crippen molar-refractivity contribution in [1.82, 2.24) is 0 Å². The zero-order valence-electron chi connectivity index (χ0n) is 9.99. The monoisotopic (exact) mass is 376 g/mol. The van der Waals surface area contributed by atoms with Crippen LogP contribution in [-0.4, -0.2) is 16.0 Å². The van der Waals surface area contributed by atoms with Gasteiger partial charge in [0.1, 0.15) is 5.75 Å². The summed E-state index contributed by atoms with van der Waals surface area (Å²) in [5.41, 5.74) is 0.383. The summed E-state index contributed by atoms with van der Waals surface area (Å²) >= 11 is 6.77. The van der Waals surface area contributed by atoms with Gasteiger partial charge in [0.05, 0.1) is 6.61 Å². The van der Waals surface area contributed by atoms with Gasteiger partial charge in [-0.2, -0.15) is 0 Å². The molecule has 0 radical (unpaired) electrons. The van der Waals surface area contributed by atoms with Crippen molar-refractivity contribution in [2.45, 2.75) is 16.8 Å². The Bertz CT molecular complexity index is 416. The zero-order valence-corrected chi connectivity index (χ0v) is 13.2. The van der Waals surface area contributed by atoms with Gasteiger partial charge in [-0.1, -0.05) is 24.8 Å². The molecule has 18 heavy (non-hydrogen) atoms. The highest BCUT2D eigenvalue weighted by atomic mass is 79.9. The Morgan fingerprint density at radius 2 is 1.94 bits per heavy atom. The van der Waals surface area contributed by atoms with E-state index in [2.05, 4.69) is 38.4 Å². The molecule has 0 saturated carbocycles. The summed E-state index contributed by atoms with van der Waals surface area (Å²) in [6.45, 7) is 5.35. The molecule has 0 heterocycles. The van der Waals surface area contributed by atoms with E-state index in [1.165, 1.54) is 0 Å². The second-order valence-electron chi connectivity index (χ2n) is 3.72. The lowest BCUT2D eigenvalue weighted by Gasteiger charge is -2.22. The Morgan fingerprint density at radius 1 is 1.33 bits per heavy atom. The van der Waals surface area contributed by atoms with Crippen LogP contribution in [0.5, 0.6) is 5.75 Å². The quantitative estimate of drug-likeness (QED) is 0.426. The molecule has 0 aliphatic carbocycles. The maximum atomic E-state index is 11.2. The number of carbonyl (C=O) groups is 1. The van der Waals surface area contributed by atoms with E-state index in [1.54, 1.807) is 6.92 Å². The molecular formula is C13H14Br2O3. The van der Waals surface area contributed by atoms with E-state index in [4.69, 9.17) is 9.47 Å². The molecule has 0 spiro atoms. The van der Waals surface area contributed by atoms with Gasteiger partial charge in [0.2, 0.25) is 3.42 Å². The molecule has 1 aromatic carbocycles. The van der Waals surface area contributed by atoms with Gasteiger partial charge in [-0.25, -0.2) is 4.79 Å². The van der Waals surface area contributed by atoms with Crippen LogP contribution in [0.3, 0.4) is 0 Å². The van der Waals surface area contributed by atoms with Crippen molar-refractivity contribution in [2.24, 2.45) is 0 Å². The summed E-state index contributed by atoms with van der Waals surface area (Å²) in [6.07, 6.45) is 0.459. The molecule has 0 atom stereocenters. The topological polar surface area (TPSA) is 35.5 Å². The van der Waals surface area contributed by atoms with E-state index >= 15 is 0 Å². The van der Waals surface area contributed by atoms with Crippen molar-refractivity contribution in [3.05, 3.63) is 42.5 Å². The smallest absolute Gasteiger partial charge is 0.333 e. The molecule has 5 heteroatoms. The van der Waals surface area contributed by atoms with Gasteiger partial charge < -0.3 is 9.47 Å². The van der Waals surface area contributed by atoms with Gasteiger partial charge in [0.25, 0.3) is 0 Å². The molecule has 0 unspecified atom stereocenters. The van der Waals surface area contributed by atoms with Crippen LogP contribution in [0.4, 0.5) is 0 Å². The van der Waals surface area contributed by atoms with E-state index in [9.17, 15) is 4.79 Å². The third kappa shape index (κ3) is 5.69. The summed E-state index contributed by atoms with van der Waals surface area (Å²) in [7, 11) is 0. The van der Waals surface area contributed by atoms with Gasteiger partial charge >= 0.3 is 5.97 Å². The molecule has 0 amide bonds. The Balaban J connectivity index is 2.40. The second kappa shape index (κ2) is 6.95. The first-order valence-electron chi connectivity index (χ1n) is 5.35. The average Bonchev–Trinajstić information content (AvgIpc) is 2.29. The number of benzene rings is 1. The van der Waals surface area contributed by atoms with E-state index in [1.807, 2.05) is 30.3 Å². The van der Waals surface area contributed by atoms with Gasteiger partial charge in [-0.3, -0.25) is 0 Å². The molecule has 0 aromatic heterocycles. The predicted octanol–water partition coefficient (Wildman–Crippen LogP) is 4.02. The largest absolute Gasteiger partial charge is 0.466 e. The Morgan fingerprint density at radius 3 is 2.50 bits per heavy atom. The van der Waals surface area contributed by atoms with E-state index in [0.29, 0.717) is 12.0 Å². The molecule has 0 aliphatic heterocycles. The van der Waals surface area contributed by atoms with Crippen molar-refractivity contribution < 1.29 is 14.3 Å². The third-order valence-electron chi connectivity index (χ3n) is 1.99. The molecular weight excluding hydrogens is 364 g/mol. The van der Waals surface area contributed by atoms with Crippen LogP contribution in [0.15, 0.2) is 42.5 Å². The first kappa shape index (κ1) is 15.2. The summed E-state index contributed by atoms with van der Waals surface area (Å²) in [5, 5.41) is 0. The van der Waals surface area contributed by atoms with Crippen molar-refractivity contribution in [2.75, 3.05) is 6.61 Å². The number of hydrogen-bond acceptors (Lipinski definition) is 3. The van der Waals surface area contributed by atoms with Crippen molar-refractivity contribution >= 4 is 37.8 Å². The SMILES string of the molecule is C=C(C)C(=O)OCCC(Br)(Br)Oc1ccccc1. The molecule has 1 rings (SSSR count). The van der Waals surface area contributed by atoms with E-state index < -0.39 is 9.39 Å². The summed E-state index contributed by atoms with van der Waals surface area (Å²) in [4.78, 5) is 11.2. The zero-order chi connectivity index (χ0) is 13.6. The maximum absolute atomic E-state index is 11.2. The van der Waals surface area contributed by atoms with Crippen LogP contribution >= 0.6 is 31.9 Å². The number of para-hydroxylation sites is 1. The number of alkyl halides is 2. The minimum absolute atomic E-state index is 0.231. The minimum Gasteiger partial charge on any atom is -0.466 e. The van der Waals surface area contributed by atoms with E-state index in [-0.39, 0.29) is 6.61 Å². The Hall–Kier alpha value is -0.810. The fourth-order valence-electron chi connectivity index (χ4n) is 1.10. The minimum atomic E-state index is -0.753. The lowest BCUT2D eigenvalue weighted by atomic mass is 10.3. The first-order valence-corrected chi connectivity index (χ1v) is 6.94. The van der Waals surface area contributed by atoms with Crippen molar-refractivity contribution in [3.63, 3.8) is 0 Å². The standard InChI is InChI=1S/C13H14Br2O3/c1-10(2)12(16)17-9-8-13(14,15)18-11-6-4-3-5-7-11/h3-7H,1,8-9H2,2H3. The van der Waals surface area contributed by atoms with Crippen molar-refractivity contribution in [1.29, 1.82) is 0 Å². The van der Waals surface area contributed by atoms with Gasteiger partial charge in [-0.15, -0.1) is 0 Å². The third-order valence-corrected chi connectivity index (χ3v) is 3.10. The molecule has 0 aliphatic rings. The summed E-state index contributed by atoms with van der Waals surface area (Å²) in [6, 6.07) is 9.36. The highest BCUT2D eigenvalue weighted by Crippen LogP contribution is 2.33. The average molecular weight is 378 g/mol. The van der Waals surface area contributed by atoms with Crippen molar-refractivity contribution in [3.8, 4) is 5.75 Å². The number of ether oxygens (including phenoxy) is 2. The van der Waals surface area contributed by atoms with Gasteiger partial charge in [0, 0.05) is 12.0 Å². The normalized spacial score (nSPS) is 10.8. The van der Waals surface area contributed by atoms with Crippen LogP contribution in [0, 0.1) is 0 Å². The molecule has 0 fully saturated rings. The molecule has 98 valence electrons. The highest BCUT2D eigenvalue weighted by molar-refractivity contribution is 9.25. The Kier molecular flexibility index (Phi) is 5.88. The maximum Gasteiger partial charge on any atom is 0.333 e. The number of halogens is 2. The highest BCUT2D eigenvalue weighted by Gasteiger charge is 2.25. The number of esters is 1. The fourth-order valence-corrected chi connectivity index (χ4v) is 1.80.